The summed E-state index contributed by atoms with van der Waals surface area (Å²) >= 11 is 5.25. The highest BCUT2D eigenvalue weighted by Crippen LogP contribution is 2.16. The fourth-order valence-electron chi connectivity index (χ4n) is 2.54. The van der Waals surface area contributed by atoms with Gasteiger partial charge in [0.2, 0.25) is 0 Å². The van der Waals surface area contributed by atoms with Gasteiger partial charge < -0.3 is 15.0 Å². The molecule has 0 unspecified atom stereocenters. The number of rotatable bonds is 8. The molecule has 0 amide bonds. The SMILES string of the molecule is CCCN(CC)c1ccc(/C=N\NC(=S)Nc2cccc(OC)c2)cc1. The average Bonchev–Trinajstić information content (AvgIpc) is 2.67. The minimum absolute atomic E-state index is 0.422. The van der Waals surface area contributed by atoms with E-state index in [9.17, 15) is 0 Å². The smallest absolute Gasteiger partial charge is 0.191 e. The van der Waals surface area contributed by atoms with Crippen molar-refractivity contribution in [3.05, 3.63) is 54.1 Å². The molecule has 0 radical (unpaired) electrons. The van der Waals surface area contributed by atoms with Crippen LogP contribution in [0.1, 0.15) is 25.8 Å². The number of nitrogens with zero attached hydrogens (tertiary/aromatic N) is 2. The molecule has 5 nitrogen and oxygen atoms in total. The molecule has 0 saturated heterocycles. The lowest BCUT2D eigenvalue weighted by Crippen LogP contribution is -2.24. The van der Waals surface area contributed by atoms with Gasteiger partial charge >= 0.3 is 0 Å². The number of nitrogens with one attached hydrogen (secondary N) is 2. The van der Waals surface area contributed by atoms with Crippen molar-refractivity contribution < 1.29 is 4.74 Å². The van der Waals surface area contributed by atoms with E-state index in [4.69, 9.17) is 17.0 Å². The molecule has 0 aromatic heterocycles. The summed E-state index contributed by atoms with van der Waals surface area (Å²) in [5.41, 5.74) is 5.91. The minimum atomic E-state index is 0.422. The first-order chi connectivity index (χ1) is 12.7. The van der Waals surface area contributed by atoms with E-state index < -0.39 is 0 Å². The molecule has 2 aromatic rings. The molecule has 0 saturated carbocycles. The van der Waals surface area contributed by atoms with Crippen molar-refractivity contribution >= 4 is 34.9 Å². The number of methoxy groups -OCH3 is 1. The van der Waals surface area contributed by atoms with Gasteiger partial charge in [-0.25, -0.2) is 0 Å². The molecular formula is C20H26N4OS. The van der Waals surface area contributed by atoms with Crippen LogP contribution in [0.2, 0.25) is 0 Å². The van der Waals surface area contributed by atoms with Crippen LogP contribution in [0.4, 0.5) is 11.4 Å². The Hall–Kier alpha value is -2.60. The van der Waals surface area contributed by atoms with E-state index >= 15 is 0 Å². The number of hydrazone groups is 1. The molecule has 2 aromatic carbocycles. The molecule has 0 aliphatic heterocycles. The molecule has 0 fully saturated rings. The quantitative estimate of drug-likeness (QED) is 0.413. The highest BCUT2D eigenvalue weighted by Gasteiger charge is 2.02. The number of benzene rings is 2. The van der Waals surface area contributed by atoms with Gasteiger partial charge in [0.05, 0.1) is 13.3 Å². The van der Waals surface area contributed by atoms with Gasteiger partial charge in [-0.15, -0.1) is 0 Å². The van der Waals surface area contributed by atoms with E-state index in [1.165, 1.54) is 5.69 Å². The number of anilines is 2. The Kier molecular flexibility index (Phi) is 7.89. The van der Waals surface area contributed by atoms with Crippen LogP contribution in [-0.4, -0.2) is 31.5 Å². The van der Waals surface area contributed by atoms with Gasteiger partial charge in [0.1, 0.15) is 5.75 Å². The van der Waals surface area contributed by atoms with Crippen molar-refractivity contribution in [1.82, 2.24) is 5.43 Å². The Bertz CT molecular complexity index is 731. The number of hydrogen-bond acceptors (Lipinski definition) is 4. The van der Waals surface area contributed by atoms with Crippen LogP contribution in [0.3, 0.4) is 0 Å². The normalized spacial score (nSPS) is 10.6. The number of thiocarbonyl (C=S) groups is 1. The first-order valence-corrected chi connectivity index (χ1v) is 9.16. The van der Waals surface area contributed by atoms with Gasteiger partial charge in [0, 0.05) is 30.5 Å². The maximum atomic E-state index is 5.25. The molecule has 2 N–H and O–H groups in total. The highest BCUT2D eigenvalue weighted by molar-refractivity contribution is 7.80. The zero-order valence-electron chi connectivity index (χ0n) is 15.5. The van der Waals surface area contributed by atoms with Gasteiger partial charge in [0.15, 0.2) is 5.11 Å². The van der Waals surface area contributed by atoms with Crippen LogP contribution >= 0.6 is 12.2 Å². The van der Waals surface area contributed by atoms with Crippen molar-refractivity contribution in [2.45, 2.75) is 20.3 Å². The number of ether oxygens (including phenoxy) is 1. The maximum Gasteiger partial charge on any atom is 0.191 e. The standard InChI is InChI=1S/C20H26N4OS/c1-4-13-24(5-2)18-11-9-16(10-12-18)15-21-23-20(26)22-17-7-6-8-19(14-17)25-3/h6-12,14-15H,4-5,13H2,1-3H3,(H2,22,23,26)/b21-15-. The molecule has 26 heavy (non-hydrogen) atoms. The molecule has 2 rings (SSSR count). The zero-order valence-corrected chi connectivity index (χ0v) is 16.3. The van der Waals surface area contributed by atoms with Gasteiger partial charge in [-0.1, -0.05) is 25.1 Å². The van der Waals surface area contributed by atoms with Crippen molar-refractivity contribution in [2.75, 3.05) is 30.4 Å². The van der Waals surface area contributed by atoms with E-state index in [1.807, 2.05) is 24.3 Å². The van der Waals surface area contributed by atoms with E-state index in [0.29, 0.717) is 5.11 Å². The summed E-state index contributed by atoms with van der Waals surface area (Å²) in [7, 11) is 1.63. The maximum absolute atomic E-state index is 5.25. The molecule has 0 spiro atoms. The second-order valence-corrected chi connectivity index (χ2v) is 6.14. The van der Waals surface area contributed by atoms with Crippen LogP contribution in [0, 0.1) is 0 Å². The van der Waals surface area contributed by atoms with E-state index in [-0.39, 0.29) is 0 Å². The van der Waals surface area contributed by atoms with Gasteiger partial charge in [0.25, 0.3) is 0 Å². The molecule has 6 heteroatoms. The average molecular weight is 371 g/mol. The monoisotopic (exact) mass is 370 g/mol. The van der Waals surface area contributed by atoms with Crippen molar-refractivity contribution in [3.63, 3.8) is 0 Å². The van der Waals surface area contributed by atoms with E-state index in [2.05, 4.69) is 58.9 Å². The van der Waals surface area contributed by atoms with Crippen LogP contribution in [0.15, 0.2) is 53.6 Å². The molecule has 0 atom stereocenters. The molecule has 0 aliphatic carbocycles. The summed E-state index contributed by atoms with van der Waals surface area (Å²) < 4.78 is 5.19. The fraction of sp³-hybridized carbons (Fsp3) is 0.300. The highest BCUT2D eigenvalue weighted by atomic mass is 32.1. The second-order valence-electron chi connectivity index (χ2n) is 5.73. The molecule has 0 bridgehead atoms. The largest absolute Gasteiger partial charge is 0.497 e. The second kappa shape index (κ2) is 10.4. The summed E-state index contributed by atoms with van der Waals surface area (Å²) in [6.07, 6.45) is 2.89. The van der Waals surface area contributed by atoms with Crippen LogP contribution in [-0.2, 0) is 0 Å². The Morgan fingerprint density at radius 3 is 2.62 bits per heavy atom. The third-order valence-corrected chi connectivity index (χ3v) is 4.03. The fourth-order valence-corrected chi connectivity index (χ4v) is 2.71. The van der Waals surface area contributed by atoms with Crippen molar-refractivity contribution in [1.29, 1.82) is 0 Å². The molecular weight excluding hydrogens is 344 g/mol. The lowest BCUT2D eigenvalue weighted by atomic mass is 10.2. The van der Waals surface area contributed by atoms with E-state index in [0.717, 1.165) is 36.5 Å². The number of hydrogen-bond donors (Lipinski definition) is 2. The van der Waals surface area contributed by atoms with Gasteiger partial charge in [-0.05, 0) is 55.4 Å². The summed E-state index contributed by atoms with van der Waals surface area (Å²) in [5.74, 6) is 0.769. The van der Waals surface area contributed by atoms with Crippen LogP contribution in [0.25, 0.3) is 0 Å². The molecule has 0 heterocycles. The minimum Gasteiger partial charge on any atom is -0.497 e. The lowest BCUT2D eigenvalue weighted by molar-refractivity contribution is 0.415. The predicted octanol–water partition coefficient (Wildman–Crippen LogP) is 4.25. The van der Waals surface area contributed by atoms with Crippen LogP contribution < -0.4 is 20.4 Å². The Labute approximate surface area is 161 Å². The summed E-state index contributed by atoms with van der Waals surface area (Å²) in [6, 6.07) is 15.9. The first-order valence-electron chi connectivity index (χ1n) is 8.75. The lowest BCUT2D eigenvalue weighted by Gasteiger charge is -2.22. The third-order valence-electron chi connectivity index (χ3n) is 3.84. The first kappa shape index (κ1) is 19.7. The van der Waals surface area contributed by atoms with Crippen molar-refractivity contribution in [2.24, 2.45) is 5.10 Å². The third kappa shape index (κ3) is 6.04. The Balaban J connectivity index is 1.88. The van der Waals surface area contributed by atoms with Crippen molar-refractivity contribution in [3.8, 4) is 5.75 Å². The van der Waals surface area contributed by atoms with Gasteiger partial charge in [-0.2, -0.15) is 5.10 Å². The topological polar surface area (TPSA) is 48.9 Å². The van der Waals surface area contributed by atoms with Crippen LogP contribution in [0.5, 0.6) is 5.75 Å². The molecule has 138 valence electrons. The zero-order chi connectivity index (χ0) is 18.8. The summed E-state index contributed by atoms with van der Waals surface area (Å²) in [4.78, 5) is 2.35. The van der Waals surface area contributed by atoms with Gasteiger partial charge in [-0.3, -0.25) is 5.43 Å². The summed E-state index contributed by atoms with van der Waals surface area (Å²) in [6.45, 7) is 6.44. The van der Waals surface area contributed by atoms with E-state index in [1.54, 1.807) is 13.3 Å². The predicted molar refractivity (Wildman–Crippen MR) is 115 cm³/mol. The summed E-state index contributed by atoms with van der Waals surface area (Å²) in [5, 5.41) is 7.68. The Morgan fingerprint density at radius 1 is 1.19 bits per heavy atom. The molecule has 0 aliphatic rings. The Morgan fingerprint density at radius 2 is 1.96 bits per heavy atom.